The van der Waals surface area contributed by atoms with Gasteiger partial charge in [-0.3, -0.25) is 0 Å². The molecule has 0 amide bonds. The normalized spacial score (nSPS) is 11.7. The fraction of sp³-hybridized carbons (Fsp3) is 0.167. The first-order valence-electron chi connectivity index (χ1n) is 7.70. The van der Waals surface area contributed by atoms with Crippen LogP contribution in [0.4, 0.5) is 4.39 Å². The fourth-order valence-corrected chi connectivity index (χ4v) is 3.44. The summed E-state index contributed by atoms with van der Waals surface area (Å²) < 4.78 is 43.3. The average molecular weight is 360 g/mol. The minimum absolute atomic E-state index is 0.0262. The minimum atomic E-state index is -3.94. The van der Waals surface area contributed by atoms with Crippen molar-refractivity contribution in [2.24, 2.45) is 5.14 Å². The van der Waals surface area contributed by atoms with Gasteiger partial charge in [-0.2, -0.15) is 0 Å². The molecule has 130 valence electrons. The summed E-state index contributed by atoms with van der Waals surface area (Å²) in [6.45, 7) is 3.54. The number of halogens is 1. The second kappa shape index (κ2) is 6.42. The van der Waals surface area contributed by atoms with E-state index in [-0.39, 0.29) is 10.7 Å². The zero-order chi connectivity index (χ0) is 18.2. The van der Waals surface area contributed by atoms with Crippen LogP contribution in [0.3, 0.4) is 0 Å². The lowest BCUT2D eigenvalue weighted by Crippen LogP contribution is -2.13. The average Bonchev–Trinajstić information content (AvgIpc) is 3.00. The number of nitrogens with zero attached hydrogens (tertiary/aromatic N) is 1. The lowest BCUT2D eigenvalue weighted by Gasteiger charge is -2.09. The van der Waals surface area contributed by atoms with Gasteiger partial charge >= 0.3 is 0 Å². The Morgan fingerprint density at radius 1 is 1.20 bits per heavy atom. The number of rotatable bonds is 4. The van der Waals surface area contributed by atoms with E-state index in [0.717, 1.165) is 0 Å². The molecular weight excluding hydrogens is 343 g/mol. The molecule has 0 bridgehead atoms. The maximum absolute atomic E-state index is 14.0. The Kier molecular flexibility index (Phi) is 4.45. The molecule has 0 aliphatic heterocycles. The quantitative estimate of drug-likeness (QED) is 0.769. The first kappa shape index (κ1) is 17.3. The van der Waals surface area contributed by atoms with Crippen LogP contribution in [0.5, 0.6) is 0 Å². The number of primary sulfonamides is 1. The van der Waals surface area contributed by atoms with E-state index in [0.29, 0.717) is 40.1 Å². The van der Waals surface area contributed by atoms with E-state index >= 15 is 0 Å². The Morgan fingerprint density at radius 2 is 1.92 bits per heavy atom. The van der Waals surface area contributed by atoms with Crippen molar-refractivity contribution in [1.82, 2.24) is 5.16 Å². The van der Waals surface area contributed by atoms with Gasteiger partial charge < -0.3 is 4.52 Å². The van der Waals surface area contributed by atoms with Crippen LogP contribution in [-0.2, 0) is 16.4 Å². The SMILES string of the molecule is CCc1noc(-c2ccc(C)c(F)c2)c1-c1ccccc1S(N)(=O)=O. The van der Waals surface area contributed by atoms with Gasteiger partial charge in [-0.1, -0.05) is 42.4 Å². The molecule has 0 aliphatic carbocycles. The monoisotopic (exact) mass is 360 g/mol. The second-order valence-corrected chi connectivity index (χ2v) is 7.22. The lowest BCUT2D eigenvalue weighted by atomic mass is 9.98. The van der Waals surface area contributed by atoms with Gasteiger partial charge in [-0.15, -0.1) is 0 Å². The Labute approximate surface area is 145 Å². The maximum atomic E-state index is 14.0. The largest absolute Gasteiger partial charge is 0.355 e. The molecule has 0 atom stereocenters. The van der Waals surface area contributed by atoms with E-state index in [4.69, 9.17) is 9.66 Å². The highest BCUT2D eigenvalue weighted by Gasteiger charge is 2.24. The number of hydrogen-bond acceptors (Lipinski definition) is 4. The van der Waals surface area contributed by atoms with Gasteiger partial charge in [0.15, 0.2) is 5.76 Å². The minimum Gasteiger partial charge on any atom is -0.355 e. The van der Waals surface area contributed by atoms with Crippen LogP contribution >= 0.6 is 0 Å². The first-order valence-corrected chi connectivity index (χ1v) is 9.24. The van der Waals surface area contributed by atoms with E-state index in [1.807, 2.05) is 6.92 Å². The molecule has 0 unspecified atom stereocenters. The molecule has 0 saturated carbocycles. The summed E-state index contributed by atoms with van der Waals surface area (Å²) in [6, 6.07) is 11.0. The van der Waals surface area contributed by atoms with Crippen molar-refractivity contribution >= 4 is 10.0 Å². The number of aromatic nitrogens is 1. The third-order valence-electron chi connectivity index (χ3n) is 3.99. The molecular formula is C18H17FN2O3S. The molecule has 2 N–H and O–H groups in total. The predicted molar refractivity (Wildman–Crippen MR) is 92.8 cm³/mol. The Hall–Kier alpha value is -2.51. The van der Waals surface area contributed by atoms with E-state index in [1.54, 1.807) is 37.3 Å². The van der Waals surface area contributed by atoms with Crippen molar-refractivity contribution in [3.8, 4) is 22.5 Å². The molecule has 5 nitrogen and oxygen atoms in total. The van der Waals surface area contributed by atoms with Gasteiger partial charge in [0.2, 0.25) is 10.0 Å². The summed E-state index contributed by atoms with van der Waals surface area (Å²) in [5.41, 5.74) is 2.46. The third-order valence-corrected chi connectivity index (χ3v) is 4.96. The van der Waals surface area contributed by atoms with E-state index in [9.17, 15) is 12.8 Å². The molecule has 3 aromatic rings. The summed E-state index contributed by atoms with van der Waals surface area (Å²) in [5, 5.41) is 9.38. The van der Waals surface area contributed by atoms with E-state index in [1.165, 1.54) is 12.1 Å². The highest BCUT2D eigenvalue weighted by Crippen LogP contribution is 2.38. The summed E-state index contributed by atoms with van der Waals surface area (Å²) in [7, 11) is -3.94. The lowest BCUT2D eigenvalue weighted by molar-refractivity contribution is 0.424. The second-order valence-electron chi connectivity index (χ2n) is 5.69. The van der Waals surface area contributed by atoms with Crippen LogP contribution in [0, 0.1) is 12.7 Å². The number of sulfonamides is 1. The summed E-state index contributed by atoms with van der Waals surface area (Å²) in [4.78, 5) is -0.0262. The molecule has 1 aromatic heterocycles. The number of nitrogens with two attached hydrogens (primary N) is 1. The molecule has 0 saturated heterocycles. The highest BCUT2D eigenvalue weighted by atomic mass is 32.2. The van der Waals surface area contributed by atoms with Gasteiger partial charge in [0.25, 0.3) is 0 Å². The molecule has 0 spiro atoms. The van der Waals surface area contributed by atoms with Gasteiger partial charge in [0.1, 0.15) is 5.82 Å². The summed E-state index contributed by atoms with van der Waals surface area (Å²) in [5.74, 6) is -0.0653. The van der Waals surface area contributed by atoms with Crippen LogP contribution in [0.25, 0.3) is 22.5 Å². The molecule has 2 aromatic carbocycles. The maximum Gasteiger partial charge on any atom is 0.238 e. The van der Waals surface area contributed by atoms with Gasteiger partial charge in [-0.25, -0.2) is 17.9 Å². The van der Waals surface area contributed by atoms with Crippen molar-refractivity contribution in [2.75, 3.05) is 0 Å². The zero-order valence-electron chi connectivity index (χ0n) is 13.8. The standard InChI is InChI=1S/C18H17FN2O3S/c1-3-15-17(13-6-4-5-7-16(13)25(20,22)23)18(24-21-15)12-9-8-11(2)14(19)10-12/h4-10H,3H2,1-2H3,(H2,20,22,23). The van der Waals surface area contributed by atoms with Crippen LogP contribution in [0.2, 0.25) is 0 Å². The Morgan fingerprint density at radius 3 is 2.56 bits per heavy atom. The molecule has 3 rings (SSSR count). The molecule has 0 radical (unpaired) electrons. The molecule has 0 fully saturated rings. The molecule has 0 aliphatic rings. The van der Waals surface area contributed by atoms with E-state index < -0.39 is 10.0 Å². The van der Waals surface area contributed by atoms with E-state index in [2.05, 4.69) is 5.16 Å². The van der Waals surface area contributed by atoms with Crippen molar-refractivity contribution < 1.29 is 17.3 Å². The smallest absolute Gasteiger partial charge is 0.238 e. The van der Waals surface area contributed by atoms with Gasteiger partial charge in [-0.05, 0) is 31.0 Å². The zero-order valence-corrected chi connectivity index (χ0v) is 14.6. The van der Waals surface area contributed by atoms with Gasteiger partial charge in [0, 0.05) is 11.1 Å². The molecule has 1 heterocycles. The highest BCUT2D eigenvalue weighted by molar-refractivity contribution is 7.89. The summed E-state index contributed by atoms with van der Waals surface area (Å²) >= 11 is 0. The first-order chi connectivity index (χ1) is 11.8. The van der Waals surface area contributed by atoms with Crippen molar-refractivity contribution in [3.63, 3.8) is 0 Å². The molecule has 7 heteroatoms. The van der Waals surface area contributed by atoms with Gasteiger partial charge in [0.05, 0.1) is 16.2 Å². The Balaban J connectivity index is 2.31. The molecule has 25 heavy (non-hydrogen) atoms. The fourth-order valence-electron chi connectivity index (χ4n) is 2.69. The predicted octanol–water partition coefficient (Wildman–Crippen LogP) is 3.67. The van der Waals surface area contributed by atoms with Crippen LogP contribution < -0.4 is 5.14 Å². The summed E-state index contributed by atoms with van der Waals surface area (Å²) in [6.07, 6.45) is 0.520. The van der Waals surface area contributed by atoms with Crippen LogP contribution in [-0.4, -0.2) is 13.6 Å². The van der Waals surface area contributed by atoms with Crippen LogP contribution in [0.15, 0.2) is 51.9 Å². The topological polar surface area (TPSA) is 86.2 Å². The number of aryl methyl sites for hydroxylation is 2. The van der Waals surface area contributed by atoms with Crippen LogP contribution in [0.1, 0.15) is 18.2 Å². The number of benzene rings is 2. The van der Waals surface area contributed by atoms with Crippen molar-refractivity contribution in [1.29, 1.82) is 0 Å². The van der Waals surface area contributed by atoms with Crippen molar-refractivity contribution in [3.05, 3.63) is 59.5 Å². The number of hydrogen-bond donors (Lipinski definition) is 1. The Bertz CT molecular complexity index is 1040. The third kappa shape index (κ3) is 3.20. The van der Waals surface area contributed by atoms with Crippen molar-refractivity contribution in [2.45, 2.75) is 25.2 Å².